The van der Waals surface area contributed by atoms with Crippen molar-refractivity contribution < 1.29 is 9.47 Å². The van der Waals surface area contributed by atoms with Crippen molar-refractivity contribution in [1.29, 1.82) is 0 Å². The highest BCUT2D eigenvalue weighted by Crippen LogP contribution is 2.26. The molecule has 0 bridgehead atoms. The quantitative estimate of drug-likeness (QED) is 0.100. The second-order valence-electron chi connectivity index (χ2n) is 12.9. The molecule has 0 fully saturated rings. The van der Waals surface area contributed by atoms with Gasteiger partial charge in [0.15, 0.2) is 11.5 Å². The largest absolute Gasteiger partial charge is 0.359 e. The first-order valence-electron chi connectivity index (χ1n) is 14.6. The minimum Gasteiger partial charge on any atom is -0.359 e. The number of rotatable bonds is 10. The molecule has 1 aliphatic heterocycles. The number of pyridine rings is 3. The van der Waals surface area contributed by atoms with E-state index < -0.39 is 16.1 Å². The molecule has 0 aromatic carbocycles. The van der Waals surface area contributed by atoms with Gasteiger partial charge in [-0.2, -0.15) is 5.11 Å². The number of azo groups is 1. The highest BCUT2D eigenvalue weighted by molar-refractivity contribution is 9.11. The molecule has 0 atom stereocenters. The fourth-order valence-electron chi connectivity index (χ4n) is 3.77. The standard InChI is InChI=1S/2C11H17BrN4OSi.C6H4BrN3/c1-18(2,3)5-4-17-8-16-10-6-9(12)7-13-11(10)14-15-16;1-18(2,3)5-4-17-8-16-11-10(14-15-16)6-9(12)7-13-11;7-5-1-4-2-9-10-6(4)8-3-5/h2*6-7H,4-5,8H2,1-3H3;1,3H,2H2. The van der Waals surface area contributed by atoms with E-state index in [1.165, 1.54) is 0 Å². The summed E-state index contributed by atoms with van der Waals surface area (Å²) in [5.41, 5.74) is 4.16. The van der Waals surface area contributed by atoms with Crippen LogP contribution in [0.15, 0.2) is 60.4 Å². The number of hydrogen-bond acceptors (Lipinski definition) is 11. The summed E-state index contributed by atoms with van der Waals surface area (Å²) in [6.45, 7) is 17.1. The lowest BCUT2D eigenvalue weighted by atomic mass is 10.3. The van der Waals surface area contributed by atoms with Gasteiger partial charge in [-0.05, 0) is 78.1 Å². The average Bonchev–Trinajstić information content (AvgIpc) is 3.71. The third-order valence-corrected chi connectivity index (χ3v) is 11.1. The van der Waals surface area contributed by atoms with Crippen LogP contribution in [0.25, 0.3) is 22.3 Å². The Morgan fingerprint density at radius 2 is 1.30 bits per heavy atom. The molecule has 246 valence electrons. The van der Waals surface area contributed by atoms with Gasteiger partial charge in [0, 0.05) is 66.9 Å². The summed E-state index contributed by atoms with van der Waals surface area (Å²) >= 11 is 10.1. The molecule has 13 nitrogen and oxygen atoms in total. The Kier molecular flexibility index (Phi) is 13.2. The minimum atomic E-state index is -1.03. The summed E-state index contributed by atoms with van der Waals surface area (Å²) in [4.78, 5) is 12.5. The molecule has 0 amide bonds. The molecule has 6 rings (SSSR count). The molecule has 46 heavy (non-hydrogen) atoms. The van der Waals surface area contributed by atoms with Crippen LogP contribution >= 0.6 is 47.8 Å². The van der Waals surface area contributed by atoms with E-state index >= 15 is 0 Å². The Hall–Kier alpha value is -2.36. The predicted molar refractivity (Wildman–Crippen MR) is 194 cm³/mol. The molecule has 5 aromatic rings. The maximum atomic E-state index is 5.65. The normalized spacial score (nSPS) is 12.5. The maximum Gasteiger partial charge on any atom is 0.201 e. The molecule has 0 N–H and O–H groups in total. The van der Waals surface area contributed by atoms with Crippen LogP contribution in [0, 0.1) is 0 Å². The van der Waals surface area contributed by atoms with Gasteiger partial charge in [0.05, 0.1) is 6.54 Å². The molecule has 0 unspecified atom stereocenters. The summed E-state index contributed by atoms with van der Waals surface area (Å²) < 4.78 is 17.5. The first-order valence-corrected chi connectivity index (χ1v) is 24.4. The van der Waals surface area contributed by atoms with Gasteiger partial charge in [-0.15, -0.1) is 15.3 Å². The molecule has 0 saturated heterocycles. The van der Waals surface area contributed by atoms with Crippen molar-refractivity contribution in [3.05, 3.63) is 55.8 Å². The van der Waals surface area contributed by atoms with Crippen molar-refractivity contribution >= 4 is 92.1 Å². The van der Waals surface area contributed by atoms with E-state index in [4.69, 9.17) is 9.47 Å². The first kappa shape index (κ1) is 36.5. The summed E-state index contributed by atoms with van der Waals surface area (Å²) in [5, 5.41) is 23.8. The fourth-order valence-corrected chi connectivity index (χ4v) is 6.30. The molecular weight excluding hydrogens is 818 g/mol. The number of nitrogens with zero attached hydrogens (tertiary/aromatic N) is 11. The molecule has 6 heterocycles. The maximum absolute atomic E-state index is 5.65. The molecule has 0 saturated carbocycles. The van der Waals surface area contributed by atoms with E-state index in [0.29, 0.717) is 25.7 Å². The second kappa shape index (κ2) is 16.7. The van der Waals surface area contributed by atoms with E-state index in [9.17, 15) is 0 Å². The van der Waals surface area contributed by atoms with Crippen molar-refractivity contribution in [3.8, 4) is 0 Å². The summed E-state index contributed by atoms with van der Waals surface area (Å²) in [6.07, 6.45) is 5.18. The van der Waals surface area contributed by atoms with E-state index in [2.05, 4.69) is 133 Å². The smallest absolute Gasteiger partial charge is 0.201 e. The van der Waals surface area contributed by atoms with E-state index in [0.717, 1.165) is 66.8 Å². The van der Waals surface area contributed by atoms with Gasteiger partial charge in [-0.3, -0.25) is 0 Å². The minimum absolute atomic E-state index is 0.412. The van der Waals surface area contributed by atoms with Crippen molar-refractivity contribution in [2.24, 2.45) is 10.2 Å². The zero-order valence-corrected chi connectivity index (χ0v) is 33.5. The zero-order chi connectivity index (χ0) is 33.3. The molecule has 18 heteroatoms. The summed E-state index contributed by atoms with van der Waals surface area (Å²) in [6, 6.07) is 8.14. The van der Waals surface area contributed by atoms with Gasteiger partial charge < -0.3 is 9.47 Å². The van der Waals surface area contributed by atoms with Gasteiger partial charge in [0.2, 0.25) is 5.65 Å². The lowest BCUT2D eigenvalue weighted by molar-refractivity contribution is 0.0798. The lowest BCUT2D eigenvalue weighted by Crippen LogP contribution is -2.22. The number of hydrogen-bond donors (Lipinski definition) is 0. The van der Waals surface area contributed by atoms with E-state index in [-0.39, 0.29) is 0 Å². The Labute approximate surface area is 295 Å². The van der Waals surface area contributed by atoms with Gasteiger partial charge in [0.1, 0.15) is 24.5 Å². The average molecular weight is 857 g/mol. The molecule has 0 aliphatic carbocycles. The topological polar surface area (TPSA) is 143 Å². The highest BCUT2D eigenvalue weighted by atomic mass is 79.9. The van der Waals surface area contributed by atoms with Crippen LogP contribution in [0.2, 0.25) is 51.4 Å². The van der Waals surface area contributed by atoms with Crippen LogP contribution in [0.4, 0.5) is 5.82 Å². The van der Waals surface area contributed by atoms with Crippen molar-refractivity contribution in [3.63, 3.8) is 0 Å². The molecule has 0 radical (unpaired) electrons. The SMILES string of the molecule is Brc1cnc2c(c1)CN=N2.C[Si](C)(C)CCOCn1nnc2cc(Br)cnc21.C[Si](C)(C)CCOCn1nnc2ncc(Br)cc21. The summed E-state index contributed by atoms with van der Waals surface area (Å²) in [5.74, 6) is 0.753. The number of ether oxygens (including phenoxy) is 2. The Morgan fingerprint density at radius 1 is 0.717 bits per heavy atom. The third kappa shape index (κ3) is 11.7. The number of fused-ring (bicyclic) bond motifs is 3. The van der Waals surface area contributed by atoms with E-state index in [1.807, 2.05) is 18.2 Å². The fraction of sp³-hybridized carbons (Fsp3) is 0.464. The number of halogens is 3. The zero-order valence-electron chi connectivity index (χ0n) is 26.8. The van der Waals surface area contributed by atoms with Gasteiger partial charge in [0.25, 0.3) is 0 Å². The summed E-state index contributed by atoms with van der Waals surface area (Å²) in [7, 11) is -2.06. The Balaban J connectivity index is 0.000000163. The van der Waals surface area contributed by atoms with Gasteiger partial charge >= 0.3 is 0 Å². The van der Waals surface area contributed by atoms with E-state index in [1.54, 1.807) is 28.0 Å². The van der Waals surface area contributed by atoms with Crippen LogP contribution in [0.1, 0.15) is 5.56 Å². The highest BCUT2D eigenvalue weighted by Gasteiger charge is 2.14. The molecule has 0 spiro atoms. The van der Waals surface area contributed by atoms with Crippen molar-refractivity contribution in [2.75, 3.05) is 13.2 Å². The van der Waals surface area contributed by atoms with Crippen molar-refractivity contribution in [2.45, 2.75) is 71.4 Å². The second-order valence-corrected chi connectivity index (χ2v) is 26.9. The molecular formula is C28H38Br3N11O2Si2. The molecule has 5 aromatic heterocycles. The van der Waals surface area contributed by atoms with Crippen LogP contribution in [0.5, 0.6) is 0 Å². The first-order chi connectivity index (χ1) is 21.8. The Bertz CT molecular complexity index is 1770. The Morgan fingerprint density at radius 3 is 2.00 bits per heavy atom. The van der Waals surface area contributed by atoms with Crippen molar-refractivity contribution in [1.82, 2.24) is 44.9 Å². The van der Waals surface area contributed by atoms with Crippen LogP contribution in [0.3, 0.4) is 0 Å². The van der Waals surface area contributed by atoms with Crippen LogP contribution in [-0.2, 0) is 29.5 Å². The molecule has 1 aliphatic rings. The van der Waals surface area contributed by atoms with Crippen LogP contribution < -0.4 is 0 Å². The van der Waals surface area contributed by atoms with Crippen LogP contribution in [-0.4, -0.2) is 74.3 Å². The third-order valence-electron chi connectivity index (χ3n) is 6.39. The predicted octanol–water partition coefficient (Wildman–Crippen LogP) is 8.24. The lowest BCUT2D eigenvalue weighted by Gasteiger charge is -2.15. The number of aromatic nitrogens is 9. The monoisotopic (exact) mass is 853 g/mol. The van der Waals surface area contributed by atoms with Gasteiger partial charge in [-0.1, -0.05) is 49.7 Å². The van der Waals surface area contributed by atoms with Gasteiger partial charge in [-0.25, -0.2) is 24.3 Å².